The zero-order chi connectivity index (χ0) is 22.1. The van der Waals surface area contributed by atoms with Crippen LogP contribution in [-0.4, -0.2) is 36.8 Å². The first kappa shape index (κ1) is 21.9. The van der Waals surface area contributed by atoms with Gasteiger partial charge in [-0.2, -0.15) is 0 Å². The number of carbonyl (C=O) groups is 1. The molecular weight excluding hydrogens is 420 g/mol. The smallest absolute Gasteiger partial charge is 0.249 e. The molecule has 3 rings (SSSR count). The maximum Gasteiger partial charge on any atom is 0.249 e. The van der Waals surface area contributed by atoms with Crippen molar-refractivity contribution in [2.24, 2.45) is 0 Å². The number of rotatable bonds is 6. The van der Waals surface area contributed by atoms with E-state index in [1.54, 1.807) is 19.1 Å². The zero-order valence-electron chi connectivity index (χ0n) is 17.5. The van der Waals surface area contributed by atoms with Gasteiger partial charge in [0.1, 0.15) is 11.0 Å². The van der Waals surface area contributed by atoms with Gasteiger partial charge >= 0.3 is 0 Å². The van der Waals surface area contributed by atoms with Gasteiger partial charge in [0.2, 0.25) is 21.1 Å². The van der Waals surface area contributed by atoms with E-state index >= 15 is 0 Å². The van der Waals surface area contributed by atoms with Crippen LogP contribution in [0.4, 0.5) is 10.8 Å². The summed E-state index contributed by atoms with van der Waals surface area (Å²) >= 11 is 1.23. The second-order valence-corrected chi connectivity index (χ2v) is 10.1. The highest BCUT2D eigenvalue weighted by atomic mass is 32.2. The summed E-state index contributed by atoms with van der Waals surface area (Å²) in [5.41, 5.74) is 4.47. The Kier molecular flexibility index (Phi) is 6.23. The quantitative estimate of drug-likeness (QED) is 0.622. The van der Waals surface area contributed by atoms with Crippen molar-refractivity contribution in [1.29, 1.82) is 0 Å². The van der Waals surface area contributed by atoms with Gasteiger partial charge in [0.05, 0.1) is 11.9 Å². The minimum Gasteiger partial charge on any atom is -0.299 e. The largest absolute Gasteiger partial charge is 0.299 e. The molecule has 0 saturated heterocycles. The predicted octanol–water partition coefficient (Wildman–Crippen LogP) is 3.92. The van der Waals surface area contributed by atoms with Crippen molar-refractivity contribution in [3.63, 3.8) is 0 Å². The van der Waals surface area contributed by atoms with Gasteiger partial charge in [0, 0.05) is 5.56 Å². The molecule has 1 N–H and O–H groups in total. The summed E-state index contributed by atoms with van der Waals surface area (Å²) < 4.78 is 26.0. The van der Waals surface area contributed by atoms with Crippen LogP contribution in [0.2, 0.25) is 0 Å². The zero-order valence-corrected chi connectivity index (χ0v) is 19.1. The van der Waals surface area contributed by atoms with Crippen molar-refractivity contribution in [2.45, 2.75) is 33.7 Å². The van der Waals surface area contributed by atoms with Crippen LogP contribution in [-0.2, 0) is 14.8 Å². The van der Waals surface area contributed by atoms with Crippen LogP contribution in [0.25, 0.3) is 10.6 Å². The van der Waals surface area contributed by atoms with Gasteiger partial charge < -0.3 is 0 Å². The Balaban J connectivity index is 1.82. The summed E-state index contributed by atoms with van der Waals surface area (Å²) in [4.78, 5) is 12.8. The molecule has 0 fully saturated rings. The Morgan fingerprint density at radius 2 is 1.70 bits per heavy atom. The number of amides is 1. The Labute approximate surface area is 180 Å². The van der Waals surface area contributed by atoms with E-state index in [4.69, 9.17) is 0 Å². The monoisotopic (exact) mass is 444 g/mol. The fourth-order valence-electron chi connectivity index (χ4n) is 2.97. The third kappa shape index (κ3) is 4.85. The van der Waals surface area contributed by atoms with Crippen molar-refractivity contribution in [3.8, 4) is 10.6 Å². The molecule has 2 aromatic carbocycles. The number of hydrogen-bond donors (Lipinski definition) is 1. The third-order valence-corrected chi connectivity index (χ3v) is 6.92. The number of nitrogens with one attached hydrogen (secondary N) is 1. The van der Waals surface area contributed by atoms with Crippen LogP contribution in [0.3, 0.4) is 0 Å². The molecule has 1 aromatic heterocycles. The molecule has 0 aliphatic rings. The van der Waals surface area contributed by atoms with E-state index in [9.17, 15) is 13.2 Å². The Bertz CT molecular complexity index is 1170. The number of nitrogens with zero attached hydrogens (tertiary/aromatic N) is 3. The average molecular weight is 445 g/mol. The molecule has 0 bridgehead atoms. The van der Waals surface area contributed by atoms with Crippen LogP contribution in [0, 0.1) is 20.8 Å². The molecule has 0 radical (unpaired) electrons. The molecule has 7 nitrogen and oxygen atoms in total. The summed E-state index contributed by atoms with van der Waals surface area (Å²) in [5.74, 6) is -0.481. The van der Waals surface area contributed by atoms with E-state index in [2.05, 4.69) is 15.5 Å². The average Bonchev–Trinajstić information content (AvgIpc) is 3.12. The number of benzene rings is 2. The minimum atomic E-state index is -3.69. The van der Waals surface area contributed by atoms with E-state index < -0.39 is 22.0 Å². The van der Waals surface area contributed by atoms with Gasteiger partial charge in [0.15, 0.2) is 0 Å². The normalized spacial score (nSPS) is 12.4. The summed E-state index contributed by atoms with van der Waals surface area (Å²) in [7, 11) is -3.69. The van der Waals surface area contributed by atoms with E-state index in [1.807, 2.05) is 51.1 Å². The number of aryl methyl sites for hydroxylation is 3. The van der Waals surface area contributed by atoms with E-state index in [1.165, 1.54) is 11.3 Å². The van der Waals surface area contributed by atoms with E-state index in [-0.39, 0.29) is 0 Å². The summed E-state index contributed by atoms with van der Waals surface area (Å²) in [5, 5.41) is 11.8. The van der Waals surface area contributed by atoms with Crippen LogP contribution in [0.1, 0.15) is 23.6 Å². The SMILES string of the molecule is Cc1ccc(-c2nnc(NC(=O)[C@@H](C)N(c3ccc(C)c(C)c3)S(C)(=O)=O)s2)cc1. The fraction of sp³-hybridized carbons (Fsp3) is 0.286. The Morgan fingerprint density at radius 1 is 1.03 bits per heavy atom. The maximum absolute atomic E-state index is 12.8. The molecule has 0 aliphatic heterocycles. The summed E-state index contributed by atoms with van der Waals surface area (Å²) in [6, 6.07) is 12.2. The van der Waals surface area contributed by atoms with Gasteiger partial charge in [0.25, 0.3) is 0 Å². The summed E-state index contributed by atoms with van der Waals surface area (Å²) in [6.07, 6.45) is 1.09. The first-order valence-electron chi connectivity index (χ1n) is 9.34. The maximum atomic E-state index is 12.8. The number of carbonyl (C=O) groups excluding carboxylic acids is 1. The highest BCUT2D eigenvalue weighted by molar-refractivity contribution is 7.92. The predicted molar refractivity (Wildman–Crippen MR) is 121 cm³/mol. The molecule has 0 aliphatic carbocycles. The van der Waals surface area contributed by atoms with Crippen molar-refractivity contribution >= 4 is 38.1 Å². The molecule has 1 heterocycles. The van der Waals surface area contributed by atoms with Gasteiger partial charge in [-0.15, -0.1) is 10.2 Å². The van der Waals surface area contributed by atoms with Gasteiger partial charge in [-0.05, 0) is 51.0 Å². The third-order valence-electron chi connectivity index (χ3n) is 4.79. The summed E-state index contributed by atoms with van der Waals surface area (Å²) in [6.45, 7) is 7.40. The minimum absolute atomic E-state index is 0.316. The molecule has 0 saturated carbocycles. The molecule has 3 aromatic rings. The van der Waals surface area contributed by atoms with Crippen LogP contribution >= 0.6 is 11.3 Å². The molecule has 9 heteroatoms. The Hall–Kier alpha value is -2.78. The van der Waals surface area contributed by atoms with Crippen LogP contribution in [0.15, 0.2) is 42.5 Å². The number of aromatic nitrogens is 2. The first-order chi connectivity index (χ1) is 14.1. The van der Waals surface area contributed by atoms with Crippen molar-refractivity contribution < 1.29 is 13.2 Å². The number of sulfonamides is 1. The second kappa shape index (κ2) is 8.53. The standard InChI is InChI=1S/C21H24N4O3S2/c1-13-6-9-17(10-7-13)20-23-24-21(29-20)22-19(26)16(4)25(30(5,27)28)18-11-8-14(2)15(3)12-18/h6-12,16H,1-5H3,(H,22,24,26)/t16-/m1/s1. The van der Waals surface area contributed by atoms with E-state index in [0.717, 1.165) is 32.8 Å². The van der Waals surface area contributed by atoms with Crippen LogP contribution in [0.5, 0.6) is 0 Å². The van der Waals surface area contributed by atoms with Crippen molar-refractivity contribution in [2.75, 3.05) is 15.9 Å². The molecule has 1 atom stereocenters. The van der Waals surface area contributed by atoms with Gasteiger partial charge in [-0.1, -0.05) is 47.2 Å². The van der Waals surface area contributed by atoms with Gasteiger partial charge in [-0.25, -0.2) is 8.42 Å². The lowest BCUT2D eigenvalue weighted by Crippen LogP contribution is -2.45. The molecule has 158 valence electrons. The lowest BCUT2D eigenvalue weighted by Gasteiger charge is -2.28. The highest BCUT2D eigenvalue weighted by Crippen LogP contribution is 2.28. The lowest BCUT2D eigenvalue weighted by molar-refractivity contribution is -0.116. The van der Waals surface area contributed by atoms with E-state index in [0.29, 0.717) is 15.8 Å². The highest BCUT2D eigenvalue weighted by Gasteiger charge is 2.30. The topological polar surface area (TPSA) is 92.3 Å². The molecule has 0 unspecified atom stereocenters. The number of hydrogen-bond acceptors (Lipinski definition) is 6. The van der Waals surface area contributed by atoms with Crippen molar-refractivity contribution in [3.05, 3.63) is 59.2 Å². The first-order valence-corrected chi connectivity index (χ1v) is 12.0. The number of anilines is 2. The Morgan fingerprint density at radius 3 is 2.30 bits per heavy atom. The molecule has 30 heavy (non-hydrogen) atoms. The second-order valence-electron chi connectivity index (χ2n) is 7.27. The van der Waals surface area contributed by atoms with Crippen LogP contribution < -0.4 is 9.62 Å². The van der Waals surface area contributed by atoms with Crippen molar-refractivity contribution in [1.82, 2.24) is 10.2 Å². The lowest BCUT2D eigenvalue weighted by atomic mass is 10.1. The van der Waals surface area contributed by atoms with Gasteiger partial charge in [-0.3, -0.25) is 14.4 Å². The molecular formula is C21H24N4O3S2. The molecule has 0 spiro atoms. The molecule has 1 amide bonds. The fourth-order valence-corrected chi connectivity index (χ4v) is 4.89.